The van der Waals surface area contributed by atoms with Gasteiger partial charge in [-0.25, -0.2) is 18.6 Å². The number of amides is 1. The van der Waals surface area contributed by atoms with E-state index in [1.165, 1.54) is 5.01 Å². The molecule has 1 aliphatic heterocycles. The van der Waals surface area contributed by atoms with E-state index in [0.717, 1.165) is 0 Å². The minimum Gasteiger partial charge on any atom is -0.443 e. The number of halogens is 2. The lowest BCUT2D eigenvalue weighted by Crippen LogP contribution is -2.55. The molecule has 18 heavy (non-hydrogen) atoms. The third-order valence-electron chi connectivity index (χ3n) is 2.89. The summed E-state index contributed by atoms with van der Waals surface area (Å²) in [6.07, 6.45) is 0.139. The van der Waals surface area contributed by atoms with Crippen molar-refractivity contribution in [1.29, 1.82) is 0 Å². The van der Waals surface area contributed by atoms with E-state index < -0.39 is 30.1 Å². The van der Waals surface area contributed by atoms with Crippen LogP contribution in [0, 0.1) is 5.92 Å². The van der Waals surface area contributed by atoms with Crippen molar-refractivity contribution in [3.63, 3.8) is 0 Å². The predicted molar refractivity (Wildman–Crippen MR) is 64.3 cm³/mol. The molecule has 0 aromatic carbocycles. The number of nitrogens with one attached hydrogen (secondary N) is 1. The fourth-order valence-electron chi connectivity index (χ4n) is 2.01. The Hall–Kier alpha value is -0.910. The molecule has 1 atom stereocenters. The normalized spacial score (nSPS) is 24.7. The Kier molecular flexibility index (Phi) is 4.53. The van der Waals surface area contributed by atoms with Gasteiger partial charge in [0, 0.05) is 12.5 Å². The molecule has 1 N–H and O–H groups in total. The zero-order chi connectivity index (χ0) is 14.0. The summed E-state index contributed by atoms with van der Waals surface area (Å²) < 4.78 is 32.4. The molecule has 1 amide bonds. The number of rotatable bonds is 2. The molecule has 6 heteroatoms. The lowest BCUT2D eigenvalue weighted by atomic mass is 9.91. The summed E-state index contributed by atoms with van der Waals surface area (Å²) in [4.78, 5) is 11.5. The maximum atomic E-state index is 13.7. The molecule has 0 aliphatic carbocycles. The van der Waals surface area contributed by atoms with E-state index in [9.17, 15) is 13.6 Å². The summed E-state index contributed by atoms with van der Waals surface area (Å²) >= 11 is 0. The van der Waals surface area contributed by atoms with E-state index in [1.54, 1.807) is 27.7 Å². The van der Waals surface area contributed by atoms with Crippen molar-refractivity contribution in [3.8, 4) is 0 Å². The highest BCUT2D eigenvalue weighted by atomic mass is 19.3. The van der Waals surface area contributed by atoms with E-state index >= 15 is 0 Å². The SMILES string of the molecule is CCC1CCN(NC(=O)OC(C)(C)C)CC1(F)F. The Morgan fingerprint density at radius 3 is 2.56 bits per heavy atom. The monoisotopic (exact) mass is 264 g/mol. The van der Waals surface area contributed by atoms with Crippen molar-refractivity contribution in [3.05, 3.63) is 0 Å². The zero-order valence-corrected chi connectivity index (χ0v) is 11.4. The van der Waals surface area contributed by atoms with Gasteiger partial charge in [-0.05, 0) is 33.6 Å². The number of alkyl halides is 2. The fraction of sp³-hybridized carbons (Fsp3) is 0.917. The van der Waals surface area contributed by atoms with Crippen molar-refractivity contribution in [2.45, 2.75) is 52.1 Å². The van der Waals surface area contributed by atoms with Crippen LogP contribution in [0.5, 0.6) is 0 Å². The van der Waals surface area contributed by atoms with Gasteiger partial charge in [0.15, 0.2) is 0 Å². The Labute approximate surface area is 107 Å². The van der Waals surface area contributed by atoms with Gasteiger partial charge in [0.25, 0.3) is 5.92 Å². The lowest BCUT2D eigenvalue weighted by Gasteiger charge is -2.37. The summed E-state index contributed by atoms with van der Waals surface area (Å²) in [5.41, 5.74) is 1.74. The molecule has 1 fully saturated rings. The van der Waals surface area contributed by atoms with Gasteiger partial charge >= 0.3 is 6.09 Å². The van der Waals surface area contributed by atoms with Crippen LogP contribution in [0.2, 0.25) is 0 Å². The first-order chi connectivity index (χ1) is 8.14. The maximum Gasteiger partial charge on any atom is 0.422 e. The third kappa shape index (κ3) is 4.40. The minimum absolute atomic E-state index is 0.374. The second-order valence-corrected chi connectivity index (χ2v) is 5.69. The zero-order valence-electron chi connectivity index (χ0n) is 11.4. The summed E-state index contributed by atoms with van der Waals surface area (Å²) in [6, 6.07) is 0. The Morgan fingerprint density at radius 2 is 2.11 bits per heavy atom. The summed E-state index contributed by atoms with van der Waals surface area (Å²) in [6.45, 7) is 6.91. The first-order valence-corrected chi connectivity index (χ1v) is 6.26. The van der Waals surface area contributed by atoms with E-state index in [1.807, 2.05) is 0 Å². The summed E-state index contributed by atoms with van der Waals surface area (Å²) in [7, 11) is 0. The number of hydrazine groups is 1. The molecule has 0 radical (unpaired) electrons. The molecule has 1 unspecified atom stereocenters. The van der Waals surface area contributed by atoms with Crippen molar-refractivity contribution >= 4 is 6.09 Å². The van der Waals surface area contributed by atoms with Gasteiger partial charge in [0.05, 0.1) is 6.54 Å². The van der Waals surface area contributed by atoms with E-state index in [4.69, 9.17) is 4.74 Å². The quantitative estimate of drug-likeness (QED) is 0.834. The van der Waals surface area contributed by atoms with Gasteiger partial charge in [0.1, 0.15) is 5.60 Å². The van der Waals surface area contributed by atoms with Crippen LogP contribution in [-0.2, 0) is 4.74 Å². The maximum absolute atomic E-state index is 13.7. The Morgan fingerprint density at radius 1 is 1.50 bits per heavy atom. The molecule has 0 spiro atoms. The first kappa shape index (κ1) is 15.1. The van der Waals surface area contributed by atoms with Crippen LogP contribution in [0.15, 0.2) is 0 Å². The van der Waals surface area contributed by atoms with Gasteiger partial charge < -0.3 is 4.74 Å². The molecule has 4 nitrogen and oxygen atoms in total. The van der Waals surface area contributed by atoms with Crippen LogP contribution in [0.1, 0.15) is 40.5 Å². The third-order valence-corrected chi connectivity index (χ3v) is 2.89. The molecule has 0 bridgehead atoms. The van der Waals surface area contributed by atoms with Crippen LogP contribution in [0.4, 0.5) is 13.6 Å². The van der Waals surface area contributed by atoms with Gasteiger partial charge in [-0.3, -0.25) is 5.43 Å². The van der Waals surface area contributed by atoms with Crippen molar-refractivity contribution in [1.82, 2.24) is 10.4 Å². The standard InChI is InChI=1S/C12H22F2N2O2/c1-5-9-6-7-16(8-12(9,13)14)15-10(17)18-11(2,3)4/h9H,5-8H2,1-4H3,(H,15,17). The highest BCUT2D eigenvalue weighted by Gasteiger charge is 2.44. The largest absolute Gasteiger partial charge is 0.443 e. The number of ether oxygens (including phenoxy) is 1. The predicted octanol–water partition coefficient (Wildman–Crippen LogP) is 2.79. The van der Waals surface area contributed by atoms with Crippen LogP contribution in [-0.4, -0.2) is 35.7 Å². The highest BCUT2D eigenvalue weighted by molar-refractivity contribution is 5.67. The molecule has 1 rings (SSSR count). The highest BCUT2D eigenvalue weighted by Crippen LogP contribution is 2.34. The van der Waals surface area contributed by atoms with Crippen molar-refractivity contribution in [2.24, 2.45) is 5.92 Å². The lowest BCUT2D eigenvalue weighted by molar-refractivity contribution is -0.122. The Balaban J connectivity index is 2.48. The van der Waals surface area contributed by atoms with Gasteiger partial charge in [-0.15, -0.1) is 0 Å². The molecule has 1 heterocycles. The van der Waals surface area contributed by atoms with Crippen LogP contribution in [0.3, 0.4) is 0 Å². The molecular formula is C12H22F2N2O2. The molecule has 106 valence electrons. The van der Waals surface area contributed by atoms with Crippen LogP contribution in [0.25, 0.3) is 0 Å². The van der Waals surface area contributed by atoms with Crippen LogP contribution < -0.4 is 5.43 Å². The van der Waals surface area contributed by atoms with Gasteiger partial charge in [-0.2, -0.15) is 0 Å². The molecule has 0 aromatic heterocycles. The van der Waals surface area contributed by atoms with E-state index in [0.29, 0.717) is 19.4 Å². The minimum atomic E-state index is -2.76. The first-order valence-electron chi connectivity index (χ1n) is 6.26. The molecular weight excluding hydrogens is 242 g/mol. The topological polar surface area (TPSA) is 41.6 Å². The van der Waals surface area contributed by atoms with E-state index in [2.05, 4.69) is 5.43 Å². The summed E-state index contributed by atoms with van der Waals surface area (Å²) in [5, 5.41) is 1.24. The molecule has 1 aliphatic rings. The van der Waals surface area contributed by atoms with Crippen LogP contribution >= 0.6 is 0 Å². The van der Waals surface area contributed by atoms with Gasteiger partial charge in [-0.1, -0.05) is 6.92 Å². The molecule has 0 saturated carbocycles. The number of hydrogen-bond acceptors (Lipinski definition) is 3. The van der Waals surface area contributed by atoms with Crippen molar-refractivity contribution < 1.29 is 18.3 Å². The second kappa shape index (κ2) is 5.38. The Bertz CT molecular complexity index is 303. The van der Waals surface area contributed by atoms with Crippen molar-refractivity contribution in [2.75, 3.05) is 13.1 Å². The number of piperidine rings is 1. The van der Waals surface area contributed by atoms with E-state index in [-0.39, 0.29) is 0 Å². The molecule has 1 saturated heterocycles. The number of carbonyl (C=O) groups excluding carboxylic acids is 1. The van der Waals surface area contributed by atoms with Gasteiger partial charge in [0.2, 0.25) is 0 Å². The fourth-order valence-corrected chi connectivity index (χ4v) is 2.01. The number of carbonyl (C=O) groups is 1. The second-order valence-electron chi connectivity index (χ2n) is 5.69. The number of hydrogen-bond donors (Lipinski definition) is 1. The summed E-state index contributed by atoms with van der Waals surface area (Å²) in [5.74, 6) is -3.36. The smallest absolute Gasteiger partial charge is 0.422 e. The average molecular weight is 264 g/mol. The molecule has 0 aromatic rings. The average Bonchev–Trinajstić information content (AvgIpc) is 2.12. The number of nitrogens with zero attached hydrogens (tertiary/aromatic N) is 1.